The fourth-order valence-corrected chi connectivity index (χ4v) is 3.26. The van der Waals surface area contributed by atoms with E-state index in [1.54, 1.807) is 11.1 Å². The van der Waals surface area contributed by atoms with E-state index in [2.05, 4.69) is 20.2 Å². The number of hydrogen-bond acceptors (Lipinski definition) is 6. The number of Topliss-reactive ketones (excluding diaryl/α,β-unsaturated/α-hetero) is 1. The summed E-state index contributed by atoms with van der Waals surface area (Å²) < 4.78 is 5.36. The number of anilines is 2. The van der Waals surface area contributed by atoms with Crippen molar-refractivity contribution in [2.45, 2.75) is 13.0 Å². The summed E-state index contributed by atoms with van der Waals surface area (Å²) in [6, 6.07) is 8.97. The van der Waals surface area contributed by atoms with Crippen molar-refractivity contribution in [3.8, 4) is 0 Å². The molecule has 1 N–H and O–H groups in total. The average molecular weight is 367 g/mol. The van der Waals surface area contributed by atoms with Gasteiger partial charge >= 0.3 is 6.03 Å². The van der Waals surface area contributed by atoms with Crippen LogP contribution in [0.2, 0.25) is 0 Å². The minimum atomic E-state index is -0.254. The molecule has 2 aromatic heterocycles. The zero-order valence-electron chi connectivity index (χ0n) is 14.9. The molecule has 0 bridgehead atoms. The van der Waals surface area contributed by atoms with Gasteiger partial charge in [0.1, 0.15) is 11.5 Å². The van der Waals surface area contributed by atoms with Gasteiger partial charge in [0.25, 0.3) is 0 Å². The molecule has 4 rings (SSSR count). The summed E-state index contributed by atoms with van der Waals surface area (Å²) in [5.41, 5.74) is 1.69. The first-order valence-corrected chi connectivity index (χ1v) is 9.04. The second-order valence-corrected chi connectivity index (χ2v) is 6.44. The van der Waals surface area contributed by atoms with Crippen LogP contribution in [0.1, 0.15) is 22.6 Å². The third kappa shape index (κ3) is 3.75. The number of aromatic nitrogens is 2. The number of ether oxygens (including phenoxy) is 1. The minimum Gasteiger partial charge on any atom is -0.378 e. The zero-order valence-corrected chi connectivity index (χ0v) is 14.9. The molecular formula is C19H21N5O3. The number of fused-ring (bicyclic) bond motifs is 1. The van der Waals surface area contributed by atoms with E-state index in [0.29, 0.717) is 37.7 Å². The second kappa shape index (κ2) is 7.71. The summed E-state index contributed by atoms with van der Waals surface area (Å²) in [5, 5.41) is 2.86. The Morgan fingerprint density at radius 1 is 1.15 bits per heavy atom. The molecular weight excluding hydrogens is 346 g/mol. The lowest BCUT2D eigenvalue weighted by molar-refractivity contribution is 0.0976. The van der Waals surface area contributed by atoms with E-state index >= 15 is 0 Å². The Bertz CT molecular complexity index is 836. The Morgan fingerprint density at radius 2 is 2.00 bits per heavy atom. The van der Waals surface area contributed by atoms with Crippen LogP contribution in [0.5, 0.6) is 0 Å². The molecule has 4 heterocycles. The fourth-order valence-electron chi connectivity index (χ4n) is 3.26. The summed E-state index contributed by atoms with van der Waals surface area (Å²) in [5.74, 6) is 0.718. The summed E-state index contributed by atoms with van der Waals surface area (Å²) >= 11 is 0. The number of nitrogens with zero attached hydrogens (tertiary/aromatic N) is 4. The van der Waals surface area contributed by atoms with E-state index in [0.717, 1.165) is 24.6 Å². The molecule has 1 fully saturated rings. The minimum absolute atomic E-state index is 0.0334. The van der Waals surface area contributed by atoms with E-state index in [1.165, 1.54) is 0 Å². The molecule has 0 aromatic carbocycles. The van der Waals surface area contributed by atoms with Crippen molar-refractivity contribution in [3.63, 3.8) is 0 Å². The number of ketones is 1. The molecule has 8 heteroatoms. The van der Waals surface area contributed by atoms with Crippen LogP contribution in [0.15, 0.2) is 36.5 Å². The van der Waals surface area contributed by atoms with Gasteiger partial charge in [0, 0.05) is 32.3 Å². The fraction of sp³-hybridized carbons (Fsp3) is 0.368. The maximum Gasteiger partial charge on any atom is 0.322 e. The van der Waals surface area contributed by atoms with Gasteiger partial charge in [0.2, 0.25) is 0 Å². The number of pyridine rings is 2. The summed E-state index contributed by atoms with van der Waals surface area (Å²) in [6.45, 7) is 3.46. The van der Waals surface area contributed by atoms with E-state index < -0.39 is 0 Å². The van der Waals surface area contributed by atoms with Gasteiger partial charge in [-0.3, -0.25) is 14.7 Å². The molecule has 8 nitrogen and oxygen atoms in total. The number of carbonyl (C=O) groups is 2. The van der Waals surface area contributed by atoms with Crippen LogP contribution >= 0.6 is 0 Å². The van der Waals surface area contributed by atoms with Gasteiger partial charge in [-0.2, -0.15) is 0 Å². The number of hydrogen-bond donors (Lipinski definition) is 1. The van der Waals surface area contributed by atoms with Gasteiger partial charge < -0.3 is 15.0 Å². The first-order chi connectivity index (χ1) is 13.2. The maximum absolute atomic E-state index is 12.6. The van der Waals surface area contributed by atoms with Gasteiger partial charge in [0.15, 0.2) is 5.78 Å². The molecule has 0 spiro atoms. The van der Waals surface area contributed by atoms with Crippen molar-refractivity contribution in [1.82, 2.24) is 15.3 Å². The lowest BCUT2D eigenvalue weighted by Crippen LogP contribution is -2.44. The molecule has 1 saturated heterocycles. The lowest BCUT2D eigenvalue weighted by Gasteiger charge is -2.31. The Hall–Kier alpha value is -3.00. The van der Waals surface area contributed by atoms with E-state index in [4.69, 9.17) is 4.74 Å². The van der Waals surface area contributed by atoms with Gasteiger partial charge in [0.05, 0.1) is 31.1 Å². The Labute approximate surface area is 157 Å². The third-order valence-electron chi connectivity index (χ3n) is 4.70. The van der Waals surface area contributed by atoms with Crippen LogP contribution in [-0.4, -0.2) is 54.6 Å². The van der Waals surface area contributed by atoms with Crippen LogP contribution in [0, 0.1) is 0 Å². The molecule has 0 unspecified atom stereocenters. The van der Waals surface area contributed by atoms with Gasteiger partial charge in [-0.25, -0.2) is 9.78 Å². The van der Waals surface area contributed by atoms with Gasteiger partial charge in [-0.1, -0.05) is 6.07 Å². The molecule has 140 valence electrons. The van der Waals surface area contributed by atoms with Crippen LogP contribution in [0.3, 0.4) is 0 Å². The number of morpholine rings is 1. The second-order valence-electron chi connectivity index (χ2n) is 6.44. The number of amides is 2. The predicted molar refractivity (Wildman–Crippen MR) is 100 cm³/mol. The highest BCUT2D eigenvalue weighted by Gasteiger charge is 2.29. The molecule has 2 aliphatic heterocycles. The molecule has 2 aromatic rings. The van der Waals surface area contributed by atoms with Crippen LogP contribution in [-0.2, 0) is 11.3 Å². The number of nitrogens with one attached hydrogen (secondary N) is 1. The normalized spacial score (nSPS) is 16.8. The van der Waals surface area contributed by atoms with Gasteiger partial charge in [-0.05, 0) is 24.3 Å². The molecule has 2 aliphatic rings. The Balaban J connectivity index is 1.52. The highest BCUT2D eigenvalue weighted by molar-refractivity contribution is 6.07. The molecule has 0 radical (unpaired) electrons. The smallest absolute Gasteiger partial charge is 0.322 e. The van der Waals surface area contributed by atoms with Crippen molar-refractivity contribution >= 4 is 23.3 Å². The van der Waals surface area contributed by atoms with Crippen molar-refractivity contribution in [2.24, 2.45) is 0 Å². The highest BCUT2D eigenvalue weighted by Crippen LogP contribution is 2.28. The third-order valence-corrected chi connectivity index (χ3v) is 4.70. The van der Waals surface area contributed by atoms with E-state index in [-0.39, 0.29) is 18.2 Å². The highest BCUT2D eigenvalue weighted by atomic mass is 16.5. The molecule has 2 amide bonds. The molecule has 27 heavy (non-hydrogen) atoms. The van der Waals surface area contributed by atoms with Crippen molar-refractivity contribution < 1.29 is 14.3 Å². The van der Waals surface area contributed by atoms with Crippen LogP contribution < -0.4 is 15.1 Å². The summed E-state index contributed by atoms with van der Waals surface area (Å²) in [4.78, 5) is 37.5. The monoisotopic (exact) mass is 367 g/mol. The van der Waals surface area contributed by atoms with Crippen molar-refractivity contribution in [3.05, 3.63) is 47.9 Å². The first kappa shape index (κ1) is 17.4. The van der Waals surface area contributed by atoms with Crippen LogP contribution in [0.25, 0.3) is 0 Å². The van der Waals surface area contributed by atoms with Crippen LogP contribution in [0.4, 0.5) is 16.3 Å². The van der Waals surface area contributed by atoms with E-state index in [9.17, 15) is 9.59 Å². The zero-order chi connectivity index (χ0) is 18.6. The quantitative estimate of drug-likeness (QED) is 0.887. The number of carbonyl (C=O) groups excluding carboxylic acids is 2. The summed E-state index contributed by atoms with van der Waals surface area (Å²) in [6.07, 6.45) is 1.96. The maximum atomic E-state index is 12.6. The summed E-state index contributed by atoms with van der Waals surface area (Å²) in [7, 11) is 0. The van der Waals surface area contributed by atoms with Crippen molar-refractivity contribution in [1.29, 1.82) is 0 Å². The Morgan fingerprint density at radius 3 is 2.78 bits per heavy atom. The van der Waals surface area contributed by atoms with E-state index in [1.807, 2.05) is 30.3 Å². The average Bonchev–Trinajstić information content (AvgIpc) is 2.73. The largest absolute Gasteiger partial charge is 0.378 e. The molecule has 0 aliphatic carbocycles. The SMILES string of the molecule is O=C1CCN(C(=O)NCc2ccccn2)c2ccc(N3CCOCC3)nc21. The molecule has 0 saturated carbocycles. The number of urea groups is 1. The Kier molecular flexibility index (Phi) is 4.97. The predicted octanol–water partition coefficient (Wildman–Crippen LogP) is 1.62. The number of rotatable bonds is 3. The van der Waals surface area contributed by atoms with Gasteiger partial charge in [-0.15, -0.1) is 0 Å². The first-order valence-electron chi connectivity index (χ1n) is 9.04. The standard InChI is InChI=1S/C19H21N5O3/c25-16-6-8-24(19(26)21-13-14-3-1-2-7-20-14)15-4-5-17(22-18(15)16)23-9-11-27-12-10-23/h1-5,7H,6,8-13H2,(H,21,26). The molecule has 0 atom stereocenters. The topological polar surface area (TPSA) is 87.7 Å². The van der Waals surface area contributed by atoms with Crippen molar-refractivity contribution in [2.75, 3.05) is 42.6 Å². The lowest BCUT2D eigenvalue weighted by atomic mass is 10.1.